The van der Waals surface area contributed by atoms with Crippen molar-refractivity contribution in [2.24, 2.45) is 29.1 Å². The van der Waals surface area contributed by atoms with Crippen LogP contribution in [0.1, 0.15) is 59.8 Å². The Morgan fingerprint density at radius 2 is 2.06 bits per heavy atom. The molecule has 0 N–H and O–H groups in total. The maximum Gasteiger partial charge on any atom is 0.139 e. The molecule has 16 heavy (non-hydrogen) atoms. The number of carbonyl (C=O) groups excluding carboxylic acids is 1. The van der Waals surface area contributed by atoms with Crippen molar-refractivity contribution in [2.45, 2.75) is 59.8 Å². The van der Waals surface area contributed by atoms with E-state index in [9.17, 15) is 4.79 Å². The minimum absolute atomic E-state index is 0.0335. The smallest absolute Gasteiger partial charge is 0.139 e. The molecule has 0 bridgehead atoms. The summed E-state index contributed by atoms with van der Waals surface area (Å²) in [6.07, 6.45) is 5.73. The predicted molar refractivity (Wildman–Crippen MR) is 67.2 cm³/mol. The predicted octanol–water partition coefficient (Wildman–Crippen LogP) is 4.06. The van der Waals surface area contributed by atoms with Gasteiger partial charge >= 0.3 is 0 Å². The lowest BCUT2D eigenvalue weighted by molar-refractivity contribution is -0.131. The van der Waals surface area contributed by atoms with Crippen LogP contribution in [0.2, 0.25) is 0 Å². The highest BCUT2D eigenvalue weighted by molar-refractivity contribution is 5.87. The molecule has 2 fully saturated rings. The SMILES string of the molecule is CCCC1C(C)C(C)CC2(C)C(=O)CCC12. The average Bonchev–Trinajstić information content (AvgIpc) is 2.51. The zero-order valence-electron chi connectivity index (χ0n) is 11.3. The first-order chi connectivity index (χ1) is 7.50. The Hall–Kier alpha value is -0.330. The summed E-state index contributed by atoms with van der Waals surface area (Å²) < 4.78 is 0. The van der Waals surface area contributed by atoms with Gasteiger partial charge in [0.25, 0.3) is 0 Å². The lowest BCUT2D eigenvalue weighted by atomic mass is 9.56. The first-order valence-corrected chi connectivity index (χ1v) is 7.04. The van der Waals surface area contributed by atoms with Crippen molar-refractivity contribution in [3.05, 3.63) is 0 Å². The fourth-order valence-corrected chi connectivity index (χ4v) is 4.49. The van der Waals surface area contributed by atoms with Crippen molar-refractivity contribution in [3.63, 3.8) is 0 Å². The largest absolute Gasteiger partial charge is 0.299 e. The Labute approximate surface area is 100.0 Å². The molecule has 2 saturated carbocycles. The van der Waals surface area contributed by atoms with Crippen molar-refractivity contribution in [1.29, 1.82) is 0 Å². The molecular formula is C15H26O. The maximum atomic E-state index is 12.1. The molecule has 0 spiro atoms. The van der Waals surface area contributed by atoms with Gasteiger partial charge in [-0.15, -0.1) is 0 Å². The molecule has 2 aliphatic rings. The van der Waals surface area contributed by atoms with Gasteiger partial charge in [0.05, 0.1) is 0 Å². The summed E-state index contributed by atoms with van der Waals surface area (Å²) in [7, 11) is 0. The van der Waals surface area contributed by atoms with Crippen molar-refractivity contribution in [2.75, 3.05) is 0 Å². The molecule has 92 valence electrons. The monoisotopic (exact) mass is 222 g/mol. The van der Waals surface area contributed by atoms with Gasteiger partial charge in [0.15, 0.2) is 0 Å². The molecule has 0 aromatic carbocycles. The van der Waals surface area contributed by atoms with Gasteiger partial charge in [0, 0.05) is 11.8 Å². The average molecular weight is 222 g/mol. The standard InChI is InChI=1S/C15H26O/c1-5-6-12-11(3)10(2)9-15(4)13(12)7-8-14(15)16/h10-13H,5-9H2,1-4H3. The van der Waals surface area contributed by atoms with Crippen LogP contribution in [0.5, 0.6) is 0 Å². The first-order valence-electron chi connectivity index (χ1n) is 7.04. The minimum Gasteiger partial charge on any atom is -0.299 e. The molecule has 0 aromatic rings. The van der Waals surface area contributed by atoms with Crippen molar-refractivity contribution in [1.82, 2.24) is 0 Å². The quantitative estimate of drug-likeness (QED) is 0.688. The van der Waals surface area contributed by atoms with Crippen LogP contribution in [-0.4, -0.2) is 5.78 Å². The van der Waals surface area contributed by atoms with E-state index in [0.29, 0.717) is 11.7 Å². The van der Waals surface area contributed by atoms with Crippen molar-refractivity contribution in [3.8, 4) is 0 Å². The summed E-state index contributed by atoms with van der Waals surface area (Å²) in [5.74, 6) is 3.57. The Bertz CT molecular complexity index is 283. The van der Waals surface area contributed by atoms with E-state index < -0.39 is 0 Å². The molecule has 5 unspecified atom stereocenters. The van der Waals surface area contributed by atoms with E-state index >= 15 is 0 Å². The molecule has 0 saturated heterocycles. The first kappa shape index (κ1) is 12.1. The van der Waals surface area contributed by atoms with Gasteiger partial charge in [-0.05, 0) is 36.5 Å². The number of hydrogen-bond acceptors (Lipinski definition) is 1. The molecular weight excluding hydrogens is 196 g/mol. The molecule has 1 heteroatoms. The molecule has 5 atom stereocenters. The van der Waals surface area contributed by atoms with E-state index in [4.69, 9.17) is 0 Å². The van der Waals surface area contributed by atoms with E-state index in [-0.39, 0.29) is 5.41 Å². The second-order valence-electron chi connectivity index (χ2n) is 6.48. The number of Topliss-reactive ketones (excluding diaryl/α,β-unsaturated/α-hetero) is 1. The second kappa shape index (κ2) is 4.16. The van der Waals surface area contributed by atoms with Gasteiger partial charge in [-0.25, -0.2) is 0 Å². The number of hydrogen-bond donors (Lipinski definition) is 0. The normalized spacial score (nSPS) is 48.1. The summed E-state index contributed by atoms with van der Waals surface area (Å²) in [6, 6.07) is 0. The number of fused-ring (bicyclic) bond motifs is 1. The molecule has 0 aromatic heterocycles. The fraction of sp³-hybridized carbons (Fsp3) is 0.933. The second-order valence-corrected chi connectivity index (χ2v) is 6.48. The van der Waals surface area contributed by atoms with Gasteiger partial charge in [0.2, 0.25) is 0 Å². The highest BCUT2D eigenvalue weighted by Gasteiger charge is 2.54. The van der Waals surface area contributed by atoms with Crippen LogP contribution in [0.4, 0.5) is 0 Å². The van der Waals surface area contributed by atoms with Gasteiger partial charge in [0.1, 0.15) is 5.78 Å². The summed E-state index contributed by atoms with van der Waals surface area (Å²) in [5, 5.41) is 0. The lowest BCUT2D eigenvalue weighted by Crippen LogP contribution is -2.44. The third-order valence-electron chi connectivity index (χ3n) is 5.60. The summed E-state index contributed by atoms with van der Waals surface area (Å²) >= 11 is 0. The van der Waals surface area contributed by atoms with Crippen molar-refractivity contribution < 1.29 is 4.79 Å². The Kier molecular flexibility index (Phi) is 3.16. The minimum atomic E-state index is 0.0335. The molecule has 2 rings (SSSR count). The van der Waals surface area contributed by atoms with E-state index in [2.05, 4.69) is 27.7 Å². The molecule has 0 aliphatic heterocycles. The molecule has 0 amide bonds. The third kappa shape index (κ3) is 1.63. The summed E-state index contributed by atoms with van der Waals surface area (Å²) in [4.78, 5) is 12.1. The maximum absolute atomic E-state index is 12.1. The van der Waals surface area contributed by atoms with Crippen LogP contribution in [0, 0.1) is 29.1 Å². The topological polar surface area (TPSA) is 17.1 Å². The van der Waals surface area contributed by atoms with Crippen LogP contribution in [-0.2, 0) is 4.79 Å². The molecule has 0 heterocycles. The number of ketones is 1. The highest BCUT2D eigenvalue weighted by atomic mass is 16.1. The van der Waals surface area contributed by atoms with E-state index in [0.717, 1.165) is 37.0 Å². The summed E-state index contributed by atoms with van der Waals surface area (Å²) in [5.41, 5.74) is 0.0335. The van der Waals surface area contributed by atoms with Gasteiger partial charge < -0.3 is 0 Å². The van der Waals surface area contributed by atoms with E-state index in [1.165, 1.54) is 12.8 Å². The molecule has 0 radical (unpaired) electrons. The molecule has 2 aliphatic carbocycles. The van der Waals surface area contributed by atoms with Gasteiger partial charge in [-0.2, -0.15) is 0 Å². The summed E-state index contributed by atoms with van der Waals surface area (Å²) in [6.45, 7) is 9.28. The third-order valence-corrected chi connectivity index (χ3v) is 5.60. The van der Waals surface area contributed by atoms with Crippen LogP contribution in [0.3, 0.4) is 0 Å². The fourth-order valence-electron chi connectivity index (χ4n) is 4.49. The van der Waals surface area contributed by atoms with Crippen LogP contribution in [0.15, 0.2) is 0 Å². The Morgan fingerprint density at radius 3 is 2.69 bits per heavy atom. The van der Waals surface area contributed by atoms with Gasteiger partial charge in [-0.3, -0.25) is 4.79 Å². The Balaban J connectivity index is 2.27. The highest BCUT2D eigenvalue weighted by Crippen LogP contribution is 2.56. The van der Waals surface area contributed by atoms with E-state index in [1.807, 2.05) is 0 Å². The lowest BCUT2D eigenvalue weighted by Gasteiger charge is -2.48. The zero-order chi connectivity index (χ0) is 11.9. The van der Waals surface area contributed by atoms with Crippen LogP contribution in [0.25, 0.3) is 0 Å². The zero-order valence-corrected chi connectivity index (χ0v) is 11.3. The number of rotatable bonds is 2. The van der Waals surface area contributed by atoms with Crippen molar-refractivity contribution >= 4 is 5.78 Å². The van der Waals surface area contributed by atoms with E-state index in [1.54, 1.807) is 0 Å². The van der Waals surface area contributed by atoms with Gasteiger partial charge in [-0.1, -0.05) is 40.5 Å². The van der Waals surface area contributed by atoms with Crippen LogP contribution < -0.4 is 0 Å². The molecule has 1 nitrogen and oxygen atoms in total. The number of carbonyl (C=O) groups is 1. The Morgan fingerprint density at radius 1 is 1.38 bits per heavy atom. The van der Waals surface area contributed by atoms with Crippen LogP contribution >= 0.6 is 0 Å².